The summed E-state index contributed by atoms with van der Waals surface area (Å²) in [7, 11) is 0. The summed E-state index contributed by atoms with van der Waals surface area (Å²) < 4.78 is 5.33. The molecule has 3 aliphatic carbocycles. The van der Waals surface area contributed by atoms with E-state index in [1.807, 2.05) is 20.8 Å². The van der Waals surface area contributed by atoms with Crippen molar-refractivity contribution in [2.24, 2.45) is 5.41 Å². The summed E-state index contributed by atoms with van der Waals surface area (Å²) in [5.74, 6) is -0.709. The van der Waals surface area contributed by atoms with Gasteiger partial charge in [-0.25, -0.2) is 4.79 Å². The van der Waals surface area contributed by atoms with Crippen molar-refractivity contribution in [3.8, 4) is 0 Å². The monoisotopic (exact) mass is 283 g/mol. The molecule has 0 spiro atoms. The van der Waals surface area contributed by atoms with Crippen LogP contribution in [0.15, 0.2) is 0 Å². The molecule has 0 heterocycles. The standard InChI is InChI=1S/C15H25NO4/c1-13(2,3)20-12(19)16-15-7-4-14(5-8-15,6-9-15)10-11(17)18/h4-10H2,1-3H3,(H,16,19)(H,17,18). The lowest BCUT2D eigenvalue weighted by atomic mass is 9.56. The SMILES string of the molecule is CC(C)(C)OC(=O)NC12CCC(CC(=O)O)(CC1)CC2. The Balaban J connectivity index is 1.94. The third-order valence-corrected chi connectivity index (χ3v) is 4.69. The molecule has 2 N–H and O–H groups in total. The molecule has 0 aliphatic heterocycles. The number of alkyl carbamates (subject to hydrolysis) is 1. The second kappa shape index (κ2) is 4.93. The largest absolute Gasteiger partial charge is 0.481 e. The molecule has 3 saturated carbocycles. The van der Waals surface area contributed by atoms with E-state index in [9.17, 15) is 9.59 Å². The molecule has 3 fully saturated rings. The van der Waals surface area contributed by atoms with Gasteiger partial charge in [-0.1, -0.05) is 0 Å². The van der Waals surface area contributed by atoms with Crippen LogP contribution in [-0.4, -0.2) is 28.3 Å². The number of aliphatic carboxylic acids is 1. The predicted octanol–water partition coefficient (Wildman–Crippen LogP) is 3.08. The maximum absolute atomic E-state index is 11.9. The van der Waals surface area contributed by atoms with E-state index in [1.54, 1.807) is 0 Å². The third kappa shape index (κ3) is 3.44. The van der Waals surface area contributed by atoms with Gasteiger partial charge in [0.1, 0.15) is 5.60 Å². The van der Waals surface area contributed by atoms with Crippen molar-refractivity contribution in [1.82, 2.24) is 5.32 Å². The smallest absolute Gasteiger partial charge is 0.408 e. The average Bonchev–Trinajstić information content (AvgIpc) is 2.27. The van der Waals surface area contributed by atoms with Crippen LogP contribution in [0.3, 0.4) is 0 Å². The van der Waals surface area contributed by atoms with Gasteiger partial charge in [-0.05, 0) is 64.7 Å². The van der Waals surface area contributed by atoms with Crippen LogP contribution in [0.25, 0.3) is 0 Å². The molecule has 0 aromatic heterocycles. The Hall–Kier alpha value is -1.26. The van der Waals surface area contributed by atoms with E-state index in [0.717, 1.165) is 38.5 Å². The summed E-state index contributed by atoms with van der Waals surface area (Å²) in [5, 5.41) is 12.1. The molecule has 1 amide bonds. The molecule has 20 heavy (non-hydrogen) atoms. The van der Waals surface area contributed by atoms with E-state index in [0.29, 0.717) is 0 Å². The Morgan fingerprint density at radius 3 is 2.00 bits per heavy atom. The van der Waals surface area contributed by atoms with Crippen molar-refractivity contribution < 1.29 is 19.4 Å². The van der Waals surface area contributed by atoms with Crippen molar-refractivity contribution in [2.45, 2.75) is 76.9 Å². The number of hydrogen-bond acceptors (Lipinski definition) is 3. The van der Waals surface area contributed by atoms with Crippen LogP contribution in [0, 0.1) is 5.41 Å². The van der Waals surface area contributed by atoms with Gasteiger partial charge in [-0.2, -0.15) is 0 Å². The molecule has 0 unspecified atom stereocenters. The van der Waals surface area contributed by atoms with E-state index < -0.39 is 11.6 Å². The fraction of sp³-hybridized carbons (Fsp3) is 0.867. The number of amides is 1. The summed E-state index contributed by atoms with van der Waals surface area (Å²) in [6, 6.07) is 0. The summed E-state index contributed by atoms with van der Waals surface area (Å²) in [6.45, 7) is 5.55. The van der Waals surface area contributed by atoms with E-state index in [1.165, 1.54) is 0 Å². The highest BCUT2D eigenvalue weighted by molar-refractivity contribution is 5.69. The molecule has 0 saturated heterocycles. The molecule has 3 rings (SSSR count). The lowest BCUT2D eigenvalue weighted by molar-refractivity contribution is -0.142. The molecule has 0 atom stereocenters. The number of nitrogens with one attached hydrogen (secondary N) is 1. The van der Waals surface area contributed by atoms with Crippen LogP contribution in [0.1, 0.15) is 65.7 Å². The minimum absolute atomic E-state index is 0.0385. The van der Waals surface area contributed by atoms with Crippen LogP contribution in [0.2, 0.25) is 0 Å². The van der Waals surface area contributed by atoms with E-state index >= 15 is 0 Å². The molecule has 0 radical (unpaired) electrons. The Labute approximate surface area is 120 Å². The molecule has 114 valence electrons. The number of carboxylic acids is 1. The number of carbonyl (C=O) groups excluding carboxylic acids is 1. The Morgan fingerprint density at radius 1 is 1.10 bits per heavy atom. The number of rotatable bonds is 3. The first kappa shape index (κ1) is 15.1. The van der Waals surface area contributed by atoms with Crippen molar-refractivity contribution >= 4 is 12.1 Å². The number of carbonyl (C=O) groups is 2. The highest BCUT2D eigenvalue weighted by Gasteiger charge is 2.50. The fourth-order valence-electron chi connectivity index (χ4n) is 3.56. The van der Waals surface area contributed by atoms with Gasteiger partial charge in [-0.15, -0.1) is 0 Å². The third-order valence-electron chi connectivity index (χ3n) is 4.69. The molecule has 3 aliphatic rings. The van der Waals surface area contributed by atoms with E-state index in [2.05, 4.69) is 5.32 Å². The van der Waals surface area contributed by atoms with E-state index in [-0.39, 0.29) is 23.5 Å². The highest BCUT2D eigenvalue weighted by Crippen LogP contribution is 2.54. The quantitative estimate of drug-likeness (QED) is 0.834. The Kier molecular flexibility index (Phi) is 3.73. The molecule has 5 nitrogen and oxygen atoms in total. The maximum Gasteiger partial charge on any atom is 0.408 e. The second-order valence-corrected chi connectivity index (χ2v) is 7.48. The fourth-order valence-corrected chi connectivity index (χ4v) is 3.56. The Bertz CT molecular complexity index is 386. The molecular formula is C15H25NO4. The zero-order valence-electron chi connectivity index (χ0n) is 12.6. The average molecular weight is 283 g/mol. The van der Waals surface area contributed by atoms with Gasteiger partial charge in [0, 0.05) is 5.54 Å². The molecule has 5 heteroatoms. The van der Waals surface area contributed by atoms with Crippen LogP contribution in [-0.2, 0) is 9.53 Å². The highest BCUT2D eigenvalue weighted by atomic mass is 16.6. The van der Waals surface area contributed by atoms with Gasteiger partial charge < -0.3 is 15.2 Å². The van der Waals surface area contributed by atoms with Crippen molar-refractivity contribution in [2.75, 3.05) is 0 Å². The van der Waals surface area contributed by atoms with Crippen LogP contribution < -0.4 is 5.32 Å². The lowest BCUT2D eigenvalue weighted by Crippen LogP contribution is -2.57. The molecule has 0 aromatic rings. The Morgan fingerprint density at radius 2 is 1.60 bits per heavy atom. The van der Waals surface area contributed by atoms with Crippen LogP contribution >= 0.6 is 0 Å². The maximum atomic E-state index is 11.9. The van der Waals surface area contributed by atoms with E-state index in [4.69, 9.17) is 9.84 Å². The number of fused-ring (bicyclic) bond motifs is 3. The van der Waals surface area contributed by atoms with Crippen molar-refractivity contribution in [1.29, 1.82) is 0 Å². The van der Waals surface area contributed by atoms with Gasteiger partial charge in [0.05, 0.1) is 6.42 Å². The van der Waals surface area contributed by atoms with Gasteiger partial charge in [-0.3, -0.25) is 4.79 Å². The summed E-state index contributed by atoms with van der Waals surface area (Å²) in [4.78, 5) is 22.9. The first-order valence-electron chi connectivity index (χ1n) is 7.37. The van der Waals surface area contributed by atoms with Crippen LogP contribution in [0.5, 0.6) is 0 Å². The molecular weight excluding hydrogens is 258 g/mol. The van der Waals surface area contributed by atoms with Gasteiger partial charge >= 0.3 is 12.1 Å². The minimum Gasteiger partial charge on any atom is -0.481 e. The van der Waals surface area contributed by atoms with Gasteiger partial charge in [0.2, 0.25) is 0 Å². The summed E-state index contributed by atoms with van der Waals surface area (Å²) >= 11 is 0. The summed E-state index contributed by atoms with van der Waals surface area (Å²) in [5.41, 5.74) is -0.705. The molecule has 2 bridgehead atoms. The number of ether oxygens (including phenoxy) is 1. The minimum atomic E-state index is -0.709. The van der Waals surface area contributed by atoms with Gasteiger partial charge in [0.15, 0.2) is 0 Å². The van der Waals surface area contributed by atoms with Crippen molar-refractivity contribution in [3.63, 3.8) is 0 Å². The van der Waals surface area contributed by atoms with Crippen molar-refractivity contribution in [3.05, 3.63) is 0 Å². The number of hydrogen-bond donors (Lipinski definition) is 2. The first-order valence-corrected chi connectivity index (χ1v) is 7.37. The topological polar surface area (TPSA) is 75.6 Å². The van der Waals surface area contributed by atoms with Crippen LogP contribution in [0.4, 0.5) is 4.79 Å². The first-order chi connectivity index (χ1) is 9.14. The predicted molar refractivity (Wildman–Crippen MR) is 74.5 cm³/mol. The lowest BCUT2D eigenvalue weighted by Gasteiger charge is -2.53. The zero-order valence-corrected chi connectivity index (χ0v) is 12.6. The van der Waals surface area contributed by atoms with Gasteiger partial charge in [0.25, 0.3) is 0 Å². The summed E-state index contributed by atoms with van der Waals surface area (Å²) in [6.07, 6.45) is 5.14. The zero-order chi connectivity index (χ0) is 15.0. The number of carboxylic acid groups (broad SMARTS) is 1. The molecule has 0 aromatic carbocycles. The second-order valence-electron chi connectivity index (χ2n) is 7.48. The normalized spacial score (nSPS) is 32.8.